The summed E-state index contributed by atoms with van der Waals surface area (Å²) in [5, 5.41) is 2.93. The summed E-state index contributed by atoms with van der Waals surface area (Å²) >= 11 is 0. The molecule has 60 valence electrons. The minimum absolute atomic E-state index is 0.376. The van der Waals surface area contributed by atoms with E-state index in [1.54, 1.807) is 0 Å². The summed E-state index contributed by atoms with van der Waals surface area (Å²) in [6, 6.07) is 0. The van der Waals surface area contributed by atoms with Gasteiger partial charge in [0, 0.05) is 6.54 Å². The van der Waals surface area contributed by atoms with Crippen LogP contribution >= 0.6 is 0 Å². The van der Waals surface area contributed by atoms with Crippen molar-refractivity contribution in [2.24, 2.45) is 0 Å². The van der Waals surface area contributed by atoms with Crippen LogP contribution in [-0.2, 0) is 0 Å². The van der Waals surface area contributed by atoms with Crippen LogP contribution in [0.1, 0.15) is 13.3 Å². The van der Waals surface area contributed by atoms with Gasteiger partial charge < -0.3 is 5.32 Å². The van der Waals surface area contributed by atoms with Gasteiger partial charge in [0.2, 0.25) is 5.95 Å². The molecule has 0 spiro atoms. The van der Waals surface area contributed by atoms with Crippen molar-refractivity contribution in [3.8, 4) is 0 Å². The first-order valence-electron chi connectivity index (χ1n) is 3.48. The Hall–Kier alpha value is -1.39. The molecule has 11 heavy (non-hydrogen) atoms. The smallest absolute Gasteiger partial charge is 0.349 e. The van der Waals surface area contributed by atoms with Crippen LogP contribution in [-0.4, -0.2) is 21.5 Å². The van der Waals surface area contributed by atoms with Gasteiger partial charge in [-0.25, -0.2) is 9.78 Å². The monoisotopic (exact) mass is 154 g/mol. The zero-order chi connectivity index (χ0) is 8.10. The number of hydrogen-bond donors (Lipinski definition) is 2. The van der Waals surface area contributed by atoms with Crippen molar-refractivity contribution in [2.75, 3.05) is 11.9 Å². The Kier molecular flexibility index (Phi) is 2.59. The number of nitrogens with one attached hydrogen (secondary N) is 2. The summed E-state index contributed by atoms with van der Waals surface area (Å²) in [5.74, 6) is 0.479. The molecule has 1 heterocycles. The van der Waals surface area contributed by atoms with E-state index in [4.69, 9.17) is 0 Å². The van der Waals surface area contributed by atoms with E-state index in [-0.39, 0.29) is 5.69 Å². The average molecular weight is 154 g/mol. The summed E-state index contributed by atoms with van der Waals surface area (Å²) < 4.78 is 0. The van der Waals surface area contributed by atoms with E-state index in [2.05, 4.69) is 20.3 Å². The molecule has 0 unspecified atom stereocenters. The lowest BCUT2D eigenvalue weighted by molar-refractivity contribution is 0.920. The molecule has 0 atom stereocenters. The van der Waals surface area contributed by atoms with Crippen LogP contribution in [0.2, 0.25) is 0 Å². The predicted molar refractivity (Wildman–Crippen MR) is 41.4 cm³/mol. The van der Waals surface area contributed by atoms with Crippen LogP contribution in [0.4, 0.5) is 5.95 Å². The standard InChI is InChI=1S/C6H10N4O/c1-2-3-7-5-8-4-9-6(11)10-5/h4H,2-3H2,1H3,(H2,7,8,9,10,11). The normalized spacial score (nSPS) is 9.55. The molecular formula is C6H10N4O. The third kappa shape index (κ3) is 2.37. The van der Waals surface area contributed by atoms with Gasteiger partial charge in [-0.15, -0.1) is 0 Å². The molecule has 2 N–H and O–H groups in total. The van der Waals surface area contributed by atoms with Gasteiger partial charge in [-0.2, -0.15) is 4.98 Å². The highest BCUT2D eigenvalue weighted by Gasteiger charge is 1.90. The predicted octanol–water partition coefficient (Wildman–Crippen LogP) is -0.0132. The highest BCUT2D eigenvalue weighted by Crippen LogP contribution is 1.88. The van der Waals surface area contributed by atoms with E-state index in [9.17, 15) is 4.79 Å². The maximum Gasteiger partial charge on any atom is 0.349 e. The summed E-state index contributed by atoms with van der Waals surface area (Å²) in [7, 11) is 0. The fourth-order valence-electron chi connectivity index (χ4n) is 0.638. The van der Waals surface area contributed by atoms with E-state index < -0.39 is 0 Å². The Balaban J connectivity index is 2.64. The molecule has 0 saturated heterocycles. The summed E-state index contributed by atoms with van der Waals surface area (Å²) in [6.07, 6.45) is 2.23. The van der Waals surface area contributed by atoms with Gasteiger partial charge in [0.25, 0.3) is 0 Å². The van der Waals surface area contributed by atoms with Gasteiger partial charge in [0.15, 0.2) is 0 Å². The molecule has 5 heteroatoms. The van der Waals surface area contributed by atoms with E-state index in [0.29, 0.717) is 5.95 Å². The first-order chi connectivity index (χ1) is 5.33. The number of anilines is 1. The van der Waals surface area contributed by atoms with Crippen LogP contribution in [0.25, 0.3) is 0 Å². The van der Waals surface area contributed by atoms with Gasteiger partial charge in [-0.3, -0.25) is 4.98 Å². The Morgan fingerprint density at radius 3 is 3.09 bits per heavy atom. The second kappa shape index (κ2) is 3.70. The Morgan fingerprint density at radius 1 is 1.64 bits per heavy atom. The Bertz CT molecular complexity index is 269. The molecular weight excluding hydrogens is 144 g/mol. The van der Waals surface area contributed by atoms with Gasteiger partial charge >= 0.3 is 5.69 Å². The minimum atomic E-state index is -0.376. The van der Waals surface area contributed by atoms with Gasteiger partial charge in [0.05, 0.1) is 0 Å². The average Bonchev–Trinajstić information content (AvgIpc) is 2.01. The van der Waals surface area contributed by atoms with Crippen molar-refractivity contribution in [1.82, 2.24) is 15.0 Å². The fourth-order valence-corrected chi connectivity index (χ4v) is 0.638. The zero-order valence-electron chi connectivity index (χ0n) is 6.29. The van der Waals surface area contributed by atoms with E-state index in [0.717, 1.165) is 13.0 Å². The largest absolute Gasteiger partial charge is 0.356 e. The van der Waals surface area contributed by atoms with Gasteiger partial charge in [-0.1, -0.05) is 6.92 Å². The minimum Gasteiger partial charge on any atom is -0.356 e. The first kappa shape index (κ1) is 7.71. The number of nitrogens with zero attached hydrogens (tertiary/aromatic N) is 2. The number of rotatable bonds is 3. The van der Waals surface area contributed by atoms with Crippen LogP contribution in [0.15, 0.2) is 11.1 Å². The Morgan fingerprint density at radius 2 is 2.45 bits per heavy atom. The first-order valence-corrected chi connectivity index (χ1v) is 3.48. The third-order valence-corrected chi connectivity index (χ3v) is 1.13. The van der Waals surface area contributed by atoms with Crippen LogP contribution < -0.4 is 11.0 Å². The molecule has 5 nitrogen and oxygen atoms in total. The molecule has 1 aromatic heterocycles. The summed E-state index contributed by atoms with van der Waals surface area (Å²) in [6.45, 7) is 2.83. The molecule has 0 fully saturated rings. The van der Waals surface area contributed by atoms with Crippen LogP contribution in [0, 0.1) is 0 Å². The lowest BCUT2D eigenvalue weighted by Gasteiger charge is -1.99. The van der Waals surface area contributed by atoms with Crippen LogP contribution in [0.3, 0.4) is 0 Å². The van der Waals surface area contributed by atoms with Crippen molar-refractivity contribution >= 4 is 5.95 Å². The van der Waals surface area contributed by atoms with E-state index >= 15 is 0 Å². The second-order valence-electron chi connectivity index (χ2n) is 2.08. The number of aromatic nitrogens is 3. The van der Waals surface area contributed by atoms with E-state index in [1.165, 1.54) is 6.33 Å². The van der Waals surface area contributed by atoms with Crippen molar-refractivity contribution in [2.45, 2.75) is 13.3 Å². The molecule has 0 radical (unpaired) electrons. The molecule has 1 rings (SSSR count). The molecule has 1 aromatic rings. The quantitative estimate of drug-likeness (QED) is 0.642. The third-order valence-electron chi connectivity index (χ3n) is 1.13. The lowest BCUT2D eigenvalue weighted by atomic mass is 10.5. The number of hydrogen-bond acceptors (Lipinski definition) is 4. The van der Waals surface area contributed by atoms with Crippen LogP contribution in [0.5, 0.6) is 0 Å². The molecule has 0 aromatic carbocycles. The summed E-state index contributed by atoms with van der Waals surface area (Å²) in [5.41, 5.74) is -0.376. The molecule has 0 aliphatic carbocycles. The molecule has 0 saturated carbocycles. The van der Waals surface area contributed by atoms with Crippen molar-refractivity contribution < 1.29 is 0 Å². The van der Waals surface area contributed by atoms with Gasteiger partial charge in [-0.05, 0) is 6.42 Å². The van der Waals surface area contributed by atoms with Crippen molar-refractivity contribution in [3.63, 3.8) is 0 Å². The lowest BCUT2D eigenvalue weighted by Crippen LogP contribution is -2.14. The number of aromatic amines is 1. The molecule has 0 amide bonds. The highest BCUT2D eigenvalue weighted by molar-refractivity contribution is 5.19. The molecule has 0 bridgehead atoms. The fraction of sp³-hybridized carbons (Fsp3) is 0.500. The Labute approximate surface area is 63.9 Å². The SMILES string of the molecule is CCCNc1ncnc(=O)[nH]1. The van der Waals surface area contributed by atoms with Gasteiger partial charge in [0.1, 0.15) is 6.33 Å². The molecule has 0 aliphatic rings. The number of H-pyrrole nitrogens is 1. The topological polar surface area (TPSA) is 70.7 Å². The zero-order valence-corrected chi connectivity index (χ0v) is 6.29. The van der Waals surface area contributed by atoms with Crippen molar-refractivity contribution in [1.29, 1.82) is 0 Å². The second-order valence-corrected chi connectivity index (χ2v) is 2.08. The maximum absolute atomic E-state index is 10.6. The molecule has 0 aliphatic heterocycles. The maximum atomic E-state index is 10.6. The highest BCUT2D eigenvalue weighted by atomic mass is 16.1. The van der Waals surface area contributed by atoms with E-state index in [1.807, 2.05) is 6.92 Å². The van der Waals surface area contributed by atoms with Crippen molar-refractivity contribution in [3.05, 3.63) is 16.8 Å². The summed E-state index contributed by atoms with van der Waals surface area (Å²) in [4.78, 5) is 20.2.